The lowest BCUT2D eigenvalue weighted by Gasteiger charge is -2.27. The van der Waals surface area contributed by atoms with Crippen LogP contribution in [0.2, 0.25) is 0 Å². The van der Waals surface area contributed by atoms with Crippen molar-refractivity contribution in [3.05, 3.63) is 65.7 Å². The Hall–Kier alpha value is -2.87. The Labute approximate surface area is 146 Å². The number of hydrogen-bond donors (Lipinski definition) is 2. The molecule has 5 nitrogen and oxygen atoms in total. The molecule has 0 bridgehead atoms. The summed E-state index contributed by atoms with van der Waals surface area (Å²) in [6.45, 7) is 1.47. The number of nitrogens with one attached hydrogen (secondary N) is 1. The number of carboxylic acid groups (broad SMARTS) is 1. The fraction of sp³-hybridized carbons (Fsp3) is 0.222. The Morgan fingerprint density at radius 1 is 1.19 bits per heavy atom. The average molecular weight is 364 g/mol. The highest BCUT2D eigenvalue weighted by molar-refractivity contribution is 5.80. The van der Waals surface area contributed by atoms with Gasteiger partial charge < -0.3 is 9.52 Å². The lowest BCUT2D eigenvalue weighted by Crippen LogP contribution is -2.46. The van der Waals surface area contributed by atoms with E-state index in [1.54, 1.807) is 24.5 Å². The van der Waals surface area contributed by atoms with Crippen LogP contribution in [0.5, 0.6) is 0 Å². The largest absolute Gasteiger partial charge is 0.480 e. The highest BCUT2D eigenvalue weighted by Crippen LogP contribution is 2.31. The number of aliphatic carboxylic acids is 1. The normalized spacial score (nSPS) is 14.3. The number of carboxylic acids is 1. The van der Waals surface area contributed by atoms with Gasteiger partial charge >= 0.3 is 12.1 Å². The first-order valence-electron chi connectivity index (χ1n) is 7.69. The van der Waals surface area contributed by atoms with Crippen LogP contribution in [0.3, 0.4) is 0 Å². The minimum atomic E-state index is -4.48. The van der Waals surface area contributed by atoms with Gasteiger partial charge in [0.2, 0.25) is 0 Å². The van der Waals surface area contributed by atoms with Crippen LogP contribution < -0.4 is 5.32 Å². The summed E-state index contributed by atoms with van der Waals surface area (Å²) in [5, 5.41) is 13.2. The Morgan fingerprint density at radius 2 is 1.85 bits per heavy atom. The number of furan rings is 1. The molecule has 1 unspecified atom stereocenters. The van der Waals surface area contributed by atoms with E-state index >= 15 is 0 Å². The van der Waals surface area contributed by atoms with Gasteiger partial charge in [-0.05, 0) is 36.8 Å². The van der Waals surface area contributed by atoms with Crippen molar-refractivity contribution in [2.24, 2.45) is 0 Å². The van der Waals surface area contributed by atoms with Crippen LogP contribution in [0.1, 0.15) is 23.8 Å². The van der Waals surface area contributed by atoms with Crippen molar-refractivity contribution in [1.82, 2.24) is 10.3 Å². The van der Waals surface area contributed by atoms with Crippen molar-refractivity contribution in [2.75, 3.05) is 0 Å². The second kappa shape index (κ2) is 6.45. The molecule has 1 aromatic carbocycles. The fourth-order valence-electron chi connectivity index (χ4n) is 2.58. The van der Waals surface area contributed by atoms with E-state index < -0.39 is 23.2 Å². The van der Waals surface area contributed by atoms with Crippen molar-refractivity contribution in [3.63, 3.8) is 0 Å². The number of benzene rings is 1. The predicted octanol–water partition coefficient (Wildman–Crippen LogP) is 3.94. The third-order valence-electron chi connectivity index (χ3n) is 4.20. The zero-order valence-electron chi connectivity index (χ0n) is 13.7. The molecule has 0 aliphatic carbocycles. The standard InChI is InChI=1S/C18H15F3N2O3/c1-17(16(24)25,12-2-4-13(5-3-12)18(19,20)21)23-10-14-8-11-9-22-7-6-15(11)26-14/h2-9,23H,10H2,1H3,(H,24,25). The lowest BCUT2D eigenvalue weighted by molar-refractivity contribution is -0.144. The average Bonchev–Trinajstić information content (AvgIpc) is 3.02. The van der Waals surface area contributed by atoms with E-state index in [-0.39, 0.29) is 12.1 Å². The van der Waals surface area contributed by atoms with Crippen molar-refractivity contribution in [2.45, 2.75) is 25.2 Å². The van der Waals surface area contributed by atoms with Gasteiger partial charge in [-0.3, -0.25) is 10.3 Å². The number of fused-ring (bicyclic) bond motifs is 1. The fourth-order valence-corrected chi connectivity index (χ4v) is 2.58. The van der Waals surface area contributed by atoms with E-state index in [0.29, 0.717) is 11.3 Å². The zero-order valence-corrected chi connectivity index (χ0v) is 13.7. The molecule has 0 fully saturated rings. The maximum absolute atomic E-state index is 12.7. The van der Waals surface area contributed by atoms with Crippen LogP contribution in [0.15, 0.2) is 53.2 Å². The van der Waals surface area contributed by atoms with E-state index in [2.05, 4.69) is 10.3 Å². The minimum Gasteiger partial charge on any atom is -0.480 e. The number of halogens is 3. The van der Waals surface area contributed by atoms with E-state index in [0.717, 1.165) is 29.7 Å². The molecule has 0 radical (unpaired) electrons. The van der Waals surface area contributed by atoms with Gasteiger partial charge in [0.25, 0.3) is 0 Å². The Morgan fingerprint density at radius 3 is 2.42 bits per heavy atom. The SMILES string of the molecule is CC(NCc1cc2cnccc2o1)(C(=O)O)c1ccc(C(F)(F)F)cc1. The summed E-state index contributed by atoms with van der Waals surface area (Å²) in [5.41, 5.74) is -1.60. The molecule has 0 spiro atoms. The van der Waals surface area contributed by atoms with Gasteiger partial charge in [-0.1, -0.05) is 12.1 Å². The van der Waals surface area contributed by atoms with E-state index in [9.17, 15) is 23.1 Å². The summed E-state index contributed by atoms with van der Waals surface area (Å²) < 4.78 is 43.7. The van der Waals surface area contributed by atoms with E-state index in [1.807, 2.05) is 0 Å². The van der Waals surface area contributed by atoms with Gasteiger partial charge in [0, 0.05) is 17.8 Å². The summed E-state index contributed by atoms with van der Waals surface area (Å²) in [6, 6.07) is 7.46. The molecule has 0 saturated carbocycles. The Bertz CT molecular complexity index is 902. The monoisotopic (exact) mass is 364 g/mol. The third-order valence-corrected chi connectivity index (χ3v) is 4.20. The molecule has 26 heavy (non-hydrogen) atoms. The Balaban J connectivity index is 1.84. The van der Waals surface area contributed by atoms with Gasteiger partial charge in [-0.2, -0.15) is 13.2 Å². The summed E-state index contributed by atoms with van der Waals surface area (Å²) in [4.78, 5) is 15.7. The van der Waals surface area contributed by atoms with Crippen molar-refractivity contribution >= 4 is 16.9 Å². The molecule has 0 saturated heterocycles. The van der Waals surface area contributed by atoms with Crippen molar-refractivity contribution in [1.29, 1.82) is 0 Å². The summed E-state index contributed by atoms with van der Waals surface area (Å²) in [7, 11) is 0. The van der Waals surface area contributed by atoms with Crippen LogP contribution >= 0.6 is 0 Å². The third kappa shape index (κ3) is 3.41. The molecule has 8 heteroatoms. The van der Waals surface area contributed by atoms with Gasteiger partial charge in [0.15, 0.2) is 0 Å². The molecule has 136 valence electrons. The predicted molar refractivity (Wildman–Crippen MR) is 87.3 cm³/mol. The second-order valence-electron chi connectivity index (χ2n) is 5.99. The number of alkyl halides is 3. The topological polar surface area (TPSA) is 75.4 Å². The molecule has 2 N–H and O–H groups in total. The molecular formula is C18H15F3N2O3. The minimum absolute atomic E-state index is 0.0818. The van der Waals surface area contributed by atoms with Gasteiger partial charge in [-0.25, -0.2) is 4.79 Å². The molecular weight excluding hydrogens is 349 g/mol. The van der Waals surface area contributed by atoms with Crippen LogP contribution in [0.25, 0.3) is 11.0 Å². The second-order valence-corrected chi connectivity index (χ2v) is 5.99. The number of nitrogens with zero attached hydrogens (tertiary/aromatic N) is 1. The molecule has 0 amide bonds. The van der Waals surface area contributed by atoms with Crippen LogP contribution in [0, 0.1) is 0 Å². The van der Waals surface area contributed by atoms with Crippen LogP contribution in [-0.2, 0) is 23.1 Å². The lowest BCUT2D eigenvalue weighted by atomic mass is 9.91. The highest BCUT2D eigenvalue weighted by atomic mass is 19.4. The number of rotatable bonds is 5. The van der Waals surface area contributed by atoms with Crippen LogP contribution in [0.4, 0.5) is 13.2 Å². The van der Waals surface area contributed by atoms with E-state index in [1.165, 1.54) is 6.92 Å². The quantitative estimate of drug-likeness (QED) is 0.717. The molecule has 2 heterocycles. The molecule has 3 rings (SSSR count). The zero-order chi connectivity index (χ0) is 18.9. The number of hydrogen-bond acceptors (Lipinski definition) is 4. The van der Waals surface area contributed by atoms with Gasteiger partial charge in [0.05, 0.1) is 12.1 Å². The maximum atomic E-state index is 12.7. The number of carbonyl (C=O) groups is 1. The smallest absolute Gasteiger partial charge is 0.416 e. The maximum Gasteiger partial charge on any atom is 0.416 e. The summed E-state index contributed by atoms with van der Waals surface area (Å²) in [5.74, 6) is -0.720. The Kier molecular flexibility index (Phi) is 4.45. The summed E-state index contributed by atoms with van der Waals surface area (Å²) in [6.07, 6.45) is -1.28. The van der Waals surface area contributed by atoms with Crippen molar-refractivity contribution in [3.8, 4) is 0 Å². The number of aromatic nitrogens is 1. The highest BCUT2D eigenvalue weighted by Gasteiger charge is 2.36. The molecule has 1 atom stereocenters. The molecule has 2 aromatic heterocycles. The molecule has 0 aliphatic heterocycles. The first-order chi connectivity index (χ1) is 12.2. The number of pyridine rings is 1. The van der Waals surface area contributed by atoms with Crippen LogP contribution in [-0.4, -0.2) is 16.1 Å². The summed E-state index contributed by atoms with van der Waals surface area (Å²) >= 11 is 0. The molecule has 0 aliphatic rings. The first-order valence-corrected chi connectivity index (χ1v) is 7.69. The van der Waals surface area contributed by atoms with Gasteiger partial charge in [-0.15, -0.1) is 0 Å². The van der Waals surface area contributed by atoms with Gasteiger partial charge in [0.1, 0.15) is 16.9 Å². The van der Waals surface area contributed by atoms with Crippen molar-refractivity contribution < 1.29 is 27.5 Å². The van der Waals surface area contributed by atoms with E-state index in [4.69, 9.17) is 4.42 Å². The molecule has 3 aromatic rings. The first kappa shape index (κ1) is 17.9.